The third-order valence-electron chi connectivity index (χ3n) is 6.22. The molecule has 3 aromatic rings. The molecule has 1 fully saturated rings. The van der Waals surface area contributed by atoms with E-state index in [4.69, 9.17) is 5.14 Å². The van der Waals surface area contributed by atoms with E-state index in [-0.39, 0.29) is 28.7 Å². The van der Waals surface area contributed by atoms with Gasteiger partial charge in [-0.25, -0.2) is 13.6 Å². The summed E-state index contributed by atoms with van der Waals surface area (Å²) in [6.45, 7) is 2.82. The van der Waals surface area contributed by atoms with E-state index in [1.165, 1.54) is 12.1 Å². The lowest BCUT2D eigenvalue weighted by atomic mass is 9.94. The van der Waals surface area contributed by atoms with Crippen molar-refractivity contribution in [2.45, 2.75) is 30.7 Å². The fraction of sp³-hybridized carbons (Fsp3) is 0.280. The molecule has 0 aromatic heterocycles. The van der Waals surface area contributed by atoms with Gasteiger partial charge >= 0.3 is 0 Å². The molecule has 0 aliphatic carbocycles. The molecule has 33 heavy (non-hydrogen) atoms. The van der Waals surface area contributed by atoms with Gasteiger partial charge in [-0.2, -0.15) is 0 Å². The molecule has 1 aliphatic heterocycles. The first-order chi connectivity index (χ1) is 15.7. The third-order valence-corrected chi connectivity index (χ3v) is 7.13. The molecular weight excluding hydrogens is 438 g/mol. The summed E-state index contributed by atoms with van der Waals surface area (Å²) in [4.78, 5) is 27.8. The van der Waals surface area contributed by atoms with Crippen LogP contribution in [0.1, 0.15) is 41.7 Å². The molecule has 1 heterocycles. The topological polar surface area (TPSA) is 110 Å². The lowest BCUT2D eigenvalue weighted by Crippen LogP contribution is -2.43. The van der Waals surface area contributed by atoms with E-state index in [0.717, 1.165) is 10.8 Å². The van der Waals surface area contributed by atoms with E-state index in [1.807, 2.05) is 47.4 Å². The summed E-state index contributed by atoms with van der Waals surface area (Å²) in [5.74, 6) is -0.315. The highest BCUT2D eigenvalue weighted by molar-refractivity contribution is 7.89. The Morgan fingerprint density at radius 2 is 1.67 bits per heavy atom. The summed E-state index contributed by atoms with van der Waals surface area (Å²) in [5, 5.41) is 10.1. The number of fused-ring (bicyclic) bond motifs is 1. The maximum atomic E-state index is 13.1. The molecule has 0 saturated carbocycles. The molecule has 1 aliphatic rings. The van der Waals surface area contributed by atoms with Gasteiger partial charge in [-0.3, -0.25) is 9.59 Å². The van der Waals surface area contributed by atoms with Crippen LogP contribution in [0.4, 0.5) is 0 Å². The van der Waals surface area contributed by atoms with E-state index in [2.05, 4.69) is 5.32 Å². The lowest BCUT2D eigenvalue weighted by molar-refractivity contribution is -0.127. The molecule has 7 nitrogen and oxygen atoms in total. The second-order valence-corrected chi connectivity index (χ2v) is 10.0. The molecule has 172 valence electrons. The summed E-state index contributed by atoms with van der Waals surface area (Å²) in [7, 11) is -3.81. The van der Waals surface area contributed by atoms with Crippen LogP contribution in [-0.4, -0.2) is 38.2 Å². The standard InChI is InChI=1S/C25H27N3O4S/c1-17(20-8-4-9-21(16-20)33(26,31)32)27-24(29)19-12-14-28(15-13-19)25(30)23-11-5-7-18-6-2-3-10-22(18)23/h2-11,16-17,19H,12-15H2,1H3,(H,27,29)(H2,26,31,32). The normalized spacial score (nSPS) is 15.9. The fourth-order valence-electron chi connectivity index (χ4n) is 4.30. The molecule has 3 N–H and O–H groups in total. The van der Waals surface area contributed by atoms with Crippen LogP contribution >= 0.6 is 0 Å². The van der Waals surface area contributed by atoms with Crippen LogP contribution in [0.3, 0.4) is 0 Å². The molecular formula is C25H27N3O4S. The van der Waals surface area contributed by atoms with Crippen LogP contribution in [0, 0.1) is 5.92 Å². The first-order valence-corrected chi connectivity index (χ1v) is 12.5. The number of nitrogens with one attached hydrogen (secondary N) is 1. The second-order valence-electron chi connectivity index (χ2n) is 8.44. The van der Waals surface area contributed by atoms with Gasteiger partial charge < -0.3 is 10.2 Å². The number of hydrogen-bond acceptors (Lipinski definition) is 4. The quantitative estimate of drug-likeness (QED) is 0.603. The van der Waals surface area contributed by atoms with Gasteiger partial charge in [0.15, 0.2) is 0 Å². The van der Waals surface area contributed by atoms with Crippen molar-refractivity contribution in [3.05, 3.63) is 77.9 Å². The highest BCUT2D eigenvalue weighted by atomic mass is 32.2. The number of amides is 2. The van der Waals surface area contributed by atoms with Crippen molar-refractivity contribution in [3.8, 4) is 0 Å². The van der Waals surface area contributed by atoms with Crippen LogP contribution in [0.2, 0.25) is 0 Å². The summed E-state index contributed by atoms with van der Waals surface area (Å²) in [6, 6.07) is 19.4. The summed E-state index contributed by atoms with van der Waals surface area (Å²) in [6.07, 6.45) is 1.15. The Hall–Kier alpha value is -3.23. The van der Waals surface area contributed by atoms with Crippen molar-refractivity contribution < 1.29 is 18.0 Å². The second kappa shape index (κ2) is 9.33. The molecule has 8 heteroatoms. The Morgan fingerprint density at radius 1 is 1.00 bits per heavy atom. The number of primary sulfonamides is 1. The number of carbonyl (C=O) groups excluding carboxylic acids is 2. The molecule has 0 radical (unpaired) electrons. The highest BCUT2D eigenvalue weighted by Gasteiger charge is 2.29. The molecule has 0 bridgehead atoms. The zero-order valence-corrected chi connectivity index (χ0v) is 19.2. The van der Waals surface area contributed by atoms with Crippen molar-refractivity contribution >= 4 is 32.6 Å². The van der Waals surface area contributed by atoms with E-state index >= 15 is 0 Å². The van der Waals surface area contributed by atoms with Crippen molar-refractivity contribution in [2.24, 2.45) is 11.1 Å². The zero-order chi connectivity index (χ0) is 23.6. The van der Waals surface area contributed by atoms with Gasteiger partial charge in [0.2, 0.25) is 15.9 Å². The van der Waals surface area contributed by atoms with Crippen LogP contribution in [0.15, 0.2) is 71.6 Å². The van der Waals surface area contributed by atoms with Crippen LogP contribution in [-0.2, 0) is 14.8 Å². The minimum absolute atomic E-state index is 0.0150. The van der Waals surface area contributed by atoms with E-state index in [1.54, 1.807) is 19.1 Å². The van der Waals surface area contributed by atoms with Crippen molar-refractivity contribution in [1.29, 1.82) is 0 Å². The molecule has 1 saturated heterocycles. The molecule has 1 unspecified atom stereocenters. The van der Waals surface area contributed by atoms with E-state index in [9.17, 15) is 18.0 Å². The number of nitrogens with zero attached hydrogens (tertiary/aromatic N) is 1. The number of benzene rings is 3. The first-order valence-electron chi connectivity index (χ1n) is 10.9. The molecule has 0 spiro atoms. The summed E-state index contributed by atoms with van der Waals surface area (Å²) >= 11 is 0. The minimum atomic E-state index is -3.81. The van der Waals surface area contributed by atoms with Gasteiger partial charge in [-0.1, -0.05) is 48.5 Å². The third kappa shape index (κ3) is 5.07. The number of sulfonamides is 1. The predicted octanol–water partition coefficient (Wildman–Crippen LogP) is 3.22. The highest BCUT2D eigenvalue weighted by Crippen LogP contribution is 2.25. The monoisotopic (exact) mass is 465 g/mol. The number of piperidine rings is 1. The van der Waals surface area contributed by atoms with Gasteiger partial charge in [0, 0.05) is 24.6 Å². The van der Waals surface area contributed by atoms with Crippen LogP contribution < -0.4 is 10.5 Å². The number of carbonyl (C=O) groups is 2. The number of nitrogens with two attached hydrogens (primary N) is 1. The van der Waals surface area contributed by atoms with Crippen molar-refractivity contribution in [1.82, 2.24) is 10.2 Å². The number of likely N-dealkylation sites (tertiary alicyclic amines) is 1. The van der Waals surface area contributed by atoms with Crippen molar-refractivity contribution in [3.63, 3.8) is 0 Å². The van der Waals surface area contributed by atoms with Crippen LogP contribution in [0.5, 0.6) is 0 Å². The number of rotatable bonds is 5. The zero-order valence-electron chi connectivity index (χ0n) is 18.4. The van der Waals surface area contributed by atoms with E-state index in [0.29, 0.717) is 37.1 Å². The minimum Gasteiger partial charge on any atom is -0.349 e. The van der Waals surface area contributed by atoms with Crippen LogP contribution in [0.25, 0.3) is 10.8 Å². The van der Waals surface area contributed by atoms with E-state index < -0.39 is 10.0 Å². The Bertz CT molecular complexity index is 1290. The Kier molecular flexibility index (Phi) is 6.49. The molecule has 1 atom stereocenters. The molecule has 4 rings (SSSR count). The first kappa shape index (κ1) is 22.9. The lowest BCUT2D eigenvalue weighted by Gasteiger charge is -2.32. The molecule has 2 amide bonds. The average Bonchev–Trinajstić information content (AvgIpc) is 2.83. The fourth-order valence-corrected chi connectivity index (χ4v) is 4.87. The average molecular weight is 466 g/mol. The maximum absolute atomic E-state index is 13.1. The largest absolute Gasteiger partial charge is 0.349 e. The Morgan fingerprint density at radius 3 is 2.39 bits per heavy atom. The van der Waals surface area contributed by atoms with Gasteiger partial charge in [0.1, 0.15) is 0 Å². The van der Waals surface area contributed by atoms with Gasteiger partial charge in [0.05, 0.1) is 10.9 Å². The predicted molar refractivity (Wildman–Crippen MR) is 127 cm³/mol. The van der Waals surface area contributed by atoms with Gasteiger partial charge in [0.25, 0.3) is 5.91 Å². The maximum Gasteiger partial charge on any atom is 0.254 e. The summed E-state index contributed by atoms with van der Waals surface area (Å²) in [5.41, 5.74) is 1.35. The molecule has 3 aromatic carbocycles. The SMILES string of the molecule is CC(NC(=O)C1CCN(C(=O)c2cccc3ccccc23)CC1)c1cccc(S(N)(=O)=O)c1. The smallest absolute Gasteiger partial charge is 0.254 e. The van der Waals surface area contributed by atoms with Crippen molar-refractivity contribution in [2.75, 3.05) is 13.1 Å². The Labute approximate surface area is 193 Å². The number of hydrogen-bond donors (Lipinski definition) is 2. The Balaban J connectivity index is 1.38. The van der Waals surface area contributed by atoms with Gasteiger partial charge in [-0.15, -0.1) is 0 Å². The van der Waals surface area contributed by atoms with Gasteiger partial charge in [-0.05, 0) is 54.3 Å². The summed E-state index contributed by atoms with van der Waals surface area (Å²) < 4.78 is 23.2.